The van der Waals surface area contributed by atoms with Crippen LogP contribution in [0.1, 0.15) is 15.9 Å². The standard InChI is InChI=1S/C23H24N2O4S/c1-18-8-14-22(15-9-18)30(27,28)25(2)20-12-10-19(11-13-20)23(26)24-16-17-29-21-6-4-3-5-7-21/h3-15H,16-17H2,1-2H3,(H,24,26). The number of carbonyl (C=O) groups excluding carboxylic acids is 1. The highest BCUT2D eigenvalue weighted by Gasteiger charge is 2.21. The molecule has 0 aliphatic rings. The molecular formula is C23H24N2O4S. The van der Waals surface area contributed by atoms with Crippen LogP contribution in [0.4, 0.5) is 5.69 Å². The molecular weight excluding hydrogens is 400 g/mol. The average Bonchev–Trinajstić information content (AvgIpc) is 2.77. The minimum Gasteiger partial charge on any atom is -0.492 e. The van der Waals surface area contributed by atoms with E-state index >= 15 is 0 Å². The number of ether oxygens (including phenoxy) is 1. The molecule has 0 fully saturated rings. The number of carbonyl (C=O) groups is 1. The van der Waals surface area contributed by atoms with Gasteiger partial charge >= 0.3 is 0 Å². The van der Waals surface area contributed by atoms with Gasteiger partial charge in [0.2, 0.25) is 0 Å². The van der Waals surface area contributed by atoms with Gasteiger partial charge in [-0.3, -0.25) is 9.10 Å². The second-order valence-corrected chi connectivity index (χ2v) is 8.72. The van der Waals surface area contributed by atoms with Crippen molar-refractivity contribution in [2.75, 3.05) is 24.5 Å². The minimum atomic E-state index is -3.67. The third-order valence-corrected chi connectivity index (χ3v) is 6.37. The van der Waals surface area contributed by atoms with Crippen LogP contribution in [0, 0.1) is 6.92 Å². The van der Waals surface area contributed by atoms with Gasteiger partial charge in [0, 0.05) is 12.6 Å². The van der Waals surface area contributed by atoms with Gasteiger partial charge in [0.15, 0.2) is 0 Å². The maximum absolute atomic E-state index is 12.8. The predicted octanol–water partition coefficient (Wildman–Crippen LogP) is 3.63. The lowest BCUT2D eigenvalue weighted by atomic mass is 10.2. The number of nitrogens with one attached hydrogen (secondary N) is 1. The number of hydrogen-bond acceptors (Lipinski definition) is 4. The summed E-state index contributed by atoms with van der Waals surface area (Å²) in [6.45, 7) is 2.61. The topological polar surface area (TPSA) is 75.7 Å². The zero-order chi connectivity index (χ0) is 21.6. The molecule has 0 bridgehead atoms. The van der Waals surface area contributed by atoms with E-state index in [9.17, 15) is 13.2 Å². The number of rotatable bonds is 8. The Kier molecular flexibility index (Phi) is 6.74. The second kappa shape index (κ2) is 9.45. The van der Waals surface area contributed by atoms with Crippen molar-refractivity contribution in [1.29, 1.82) is 0 Å². The van der Waals surface area contributed by atoms with Crippen LogP contribution in [0.2, 0.25) is 0 Å². The van der Waals surface area contributed by atoms with E-state index in [4.69, 9.17) is 4.74 Å². The van der Waals surface area contributed by atoms with Crippen molar-refractivity contribution in [3.05, 3.63) is 90.0 Å². The molecule has 1 N–H and O–H groups in total. The molecule has 0 saturated carbocycles. The molecule has 0 atom stereocenters. The monoisotopic (exact) mass is 424 g/mol. The Labute approximate surface area is 177 Å². The summed E-state index contributed by atoms with van der Waals surface area (Å²) in [6, 6.07) is 22.5. The van der Waals surface area contributed by atoms with Gasteiger partial charge in [-0.15, -0.1) is 0 Å². The van der Waals surface area contributed by atoms with Gasteiger partial charge in [0.05, 0.1) is 17.1 Å². The molecule has 0 saturated heterocycles. The molecule has 3 aromatic carbocycles. The highest BCUT2D eigenvalue weighted by molar-refractivity contribution is 7.92. The summed E-state index contributed by atoms with van der Waals surface area (Å²) in [4.78, 5) is 12.5. The second-order valence-electron chi connectivity index (χ2n) is 6.75. The molecule has 0 aliphatic heterocycles. The van der Waals surface area contributed by atoms with Gasteiger partial charge < -0.3 is 10.1 Å². The smallest absolute Gasteiger partial charge is 0.264 e. The molecule has 3 aromatic rings. The summed E-state index contributed by atoms with van der Waals surface area (Å²) in [7, 11) is -2.18. The highest BCUT2D eigenvalue weighted by atomic mass is 32.2. The van der Waals surface area contributed by atoms with Crippen molar-refractivity contribution in [1.82, 2.24) is 5.32 Å². The lowest BCUT2D eigenvalue weighted by Crippen LogP contribution is -2.28. The summed E-state index contributed by atoms with van der Waals surface area (Å²) in [5, 5.41) is 2.78. The summed E-state index contributed by atoms with van der Waals surface area (Å²) < 4.78 is 32.3. The quantitative estimate of drug-likeness (QED) is 0.561. The molecule has 156 valence electrons. The fourth-order valence-electron chi connectivity index (χ4n) is 2.78. The van der Waals surface area contributed by atoms with E-state index in [1.807, 2.05) is 37.3 Å². The van der Waals surface area contributed by atoms with Crippen LogP contribution in [0.15, 0.2) is 83.8 Å². The van der Waals surface area contributed by atoms with Crippen LogP contribution in [0.5, 0.6) is 5.75 Å². The number of benzene rings is 3. The van der Waals surface area contributed by atoms with E-state index in [1.54, 1.807) is 48.5 Å². The Bertz CT molecular complexity index is 1080. The molecule has 7 heteroatoms. The van der Waals surface area contributed by atoms with E-state index in [0.717, 1.165) is 11.3 Å². The molecule has 6 nitrogen and oxygen atoms in total. The molecule has 0 aliphatic carbocycles. The SMILES string of the molecule is Cc1ccc(S(=O)(=O)N(C)c2ccc(C(=O)NCCOc3ccccc3)cc2)cc1. The first-order chi connectivity index (χ1) is 14.4. The third kappa shape index (κ3) is 5.18. The van der Waals surface area contributed by atoms with Crippen LogP contribution in [-0.2, 0) is 10.0 Å². The van der Waals surface area contributed by atoms with Gasteiger partial charge in [-0.1, -0.05) is 35.9 Å². The Morgan fingerprint density at radius 2 is 1.57 bits per heavy atom. The summed E-state index contributed by atoms with van der Waals surface area (Å²) >= 11 is 0. The number of hydrogen-bond donors (Lipinski definition) is 1. The van der Waals surface area contributed by atoms with Crippen LogP contribution >= 0.6 is 0 Å². The highest BCUT2D eigenvalue weighted by Crippen LogP contribution is 2.22. The Balaban J connectivity index is 1.58. The average molecular weight is 425 g/mol. The van der Waals surface area contributed by atoms with Crippen LogP contribution in [0.25, 0.3) is 0 Å². The van der Waals surface area contributed by atoms with Crippen molar-refractivity contribution in [2.45, 2.75) is 11.8 Å². The normalized spacial score (nSPS) is 11.0. The van der Waals surface area contributed by atoms with E-state index in [-0.39, 0.29) is 10.8 Å². The molecule has 0 spiro atoms. The van der Waals surface area contributed by atoms with Crippen molar-refractivity contribution < 1.29 is 17.9 Å². The summed E-state index contributed by atoms with van der Waals surface area (Å²) in [5.41, 5.74) is 1.90. The van der Waals surface area contributed by atoms with Gasteiger partial charge in [-0.2, -0.15) is 0 Å². The van der Waals surface area contributed by atoms with E-state index in [2.05, 4.69) is 5.32 Å². The number of sulfonamides is 1. The van der Waals surface area contributed by atoms with E-state index in [0.29, 0.717) is 24.4 Å². The fourth-order valence-corrected chi connectivity index (χ4v) is 3.98. The lowest BCUT2D eigenvalue weighted by molar-refractivity contribution is 0.0947. The third-order valence-electron chi connectivity index (χ3n) is 4.57. The molecule has 30 heavy (non-hydrogen) atoms. The zero-order valence-corrected chi connectivity index (χ0v) is 17.7. The number of para-hydroxylation sites is 1. The van der Waals surface area contributed by atoms with Crippen molar-refractivity contribution in [3.8, 4) is 5.75 Å². The largest absolute Gasteiger partial charge is 0.492 e. The molecule has 3 rings (SSSR count). The first-order valence-corrected chi connectivity index (χ1v) is 10.9. The lowest BCUT2D eigenvalue weighted by Gasteiger charge is -2.20. The minimum absolute atomic E-state index is 0.218. The van der Waals surface area contributed by atoms with E-state index < -0.39 is 10.0 Å². The summed E-state index contributed by atoms with van der Waals surface area (Å²) in [6.07, 6.45) is 0. The Morgan fingerprint density at radius 1 is 0.933 bits per heavy atom. The molecule has 1 amide bonds. The van der Waals surface area contributed by atoms with Gasteiger partial charge in [-0.25, -0.2) is 8.42 Å². The number of nitrogens with zero attached hydrogens (tertiary/aromatic N) is 1. The Hall–Kier alpha value is -3.32. The molecule has 0 unspecified atom stereocenters. The maximum Gasteiger partial charge on any atom is 0.264 e. The first kappa shape index (κ1) is 21.4. The van der Waals surface area contributed by atoms with Crippen LogP contribution in [-0.4, -0.2) is 34.5 Å². The summed E-state index contributed by atoms with van der Waals surface area (Å²) in [5.74, 6) is 0.496. The maximum atomic E-state index is 12.8. The van der Waals surface area contributed by atoms with Crippen molar-refractivity contribution in [3.63, 3.8) is 0 Å². The Morgan fingerprint density at radius 3 is 2.20 bits per heavy atom. The number of amides is 1. The zero-order valence-electron chi connectivity index (χ0n) is 16.9. The predicted molar refractivity (Wildman–Crippen MR) is 117 cm³/mol. The molecule has 0 radical (unpaired) electrons. The van der Waals surface area contributed by atoms with E-state index in [1.165, 1.54) is 11.4 Å². The van der Waals surface area contributed by atoms with Crippen molar-refractivity contribution >= 4 is 21.6 Å². The van der Waals surface area contributed by atoms with Gasteiger partial charge in [0.25, 0.3) is 15.9 Å². The number of aryl methyl sites for hydroxylation is 1. The van der Waals surface area contributed by atoms with Crippen LogP contribution in [0.3, 0.4) is 0 Å². The molecule has 0 aromatic heterocycles. The molecule has 0 heterocycles. The van der Waals surface area contributed by atoms with Crippen LogP contribution < -0.4 is 14.4 Å². The number of anilines is 1. The van der Waals surface area contributed by atoms with Gasteiger partial charge in [-0.05, 0) is 55.5 Å². The van der Waals surface area contributed by atoms with Gasteiger partial charge in [0.1, 0.15) is 12.4 Å². The van der Waals surface area contributed by atoms with Crippen molar-refractivity contribution in [2.24, 2.45) is 0 Å². The first-order valence-electron chi connectivity index (χ1n) is 9.49. The fraction of sp³-hybridized carbons (Fsp3) is 0.174.